The van der Waals surface area contributed by atoms with Crippen molar-refractivity contribution in [3.63, 3.8) is 0 Å². The van der Waals surface area contributed by atoms with Crippen molar-refractivity contribution in [1.82, 2.24) is 19.8 Å². The number of rotatable bonds is 3. The van der Waals surface area contributed by atoms with E-state index in [2.05, 4.69) is 10.2 Å². The molecule has 0 spiro atoms. The van der Waals surface area contributed by atoms with Gasteiger partial charge in [-0.1, -0.05) is 45.4 Å². The van der Waals surface area contributed by atoms with Gasteiger partial charge in [0.2, 0.25) is 11.1 Å². The van der Waals surface area contributed by atoms with Gasteiger partial charge in [0.25, 0.3) is 0 Å². The van der Waals surface area contributed by atoms with Crippen LogP contribution in [0, 0.1) is 0 Å². The van der Waals surface area contributed by atoms with Gasteiger partial charge >= 0.3 is 0 Å². The minimum Gasteiger partial charge on any atom is -0.342 e. The van der Waals surface area contributed by atoms with Crippen molar-refractivity contribution < 1.29 is 4.79 Å². The summed E-state index contributed by atoms with van der Waals surface area (Å²) in [5.41, 5.74) is -0.157. The third-order valence-corrected chi connectivity index (χ3v) is 4.55. The van der Waals surface area contributed by atoms with E-state index in [1.165, 1.54) is 29.3 Å². The standard InChI is InChI=1S/C14H25N5OS/c1-14(2,3)12-16-17-13(19(12)15)21-10-11(20)18-8-6-4-5-7-9-18/h4-10,15H2,1-3H3. The van der Waals surface area contributed by atoms with E-state index in [0.29, 0.717) is 10.9 Å². The van der Waals surface area contributed by atoms with E-state index in [1.807, 2.05) is 25.7 Å². The van der Waals surface area contributed by atoms with Gasteiger partial charge in [-0.15, -0.1) is 10.2 Å². The zero-order valence-electron chi connectivity index (χ0n) is 13.1. The lowest BCUT2D eigenvalue weighted by atomic mass is 9.96. The molecule has 21 heavy (non-hydrogen) atoms. The highest BCUT2D eigenvalue weighted by Crippen LogP contribution is 2.23. The maximum atomic E-state index is 12.2. The van der Waals surface area contributed by atoms with Crippen LogP contribution in [0.4, 0.5) is 0 Å². The molecule has 118 valence electrons. The normalized spacial score (nSPS) is 16.8. The van der Waals surface area contributed by atoms with Crippen molar-refractivity contribution in [1.29, 1.82) is 0 Å². The number of nitrogens with zero attached hydrogens (tertiary/aromatic N) is 4. The van der Waals surface area contributed by atoms with Crippen LogP contribution in [0.5, 0.6) is 0 Å². The number of hydrogen-bond donors (Lipinski definition) is 1. The van der Waals surface area contributed by atoms with E-state index in [9.17, 15) is 4.79 Å². The first kappa shape index (κ1) is 16.1. The van der Waals surface area contributed by atoms with Gasteiger partial charge in [-0.2, -0.15) is 0 Å². The molecular weight excluding hydrogens is 286 g/mol. The molecule has 1 saturated heterocycles. The molecule has 0 aromatic carbocycles. The Hall–Kier alpha value is -1.24. The van der Waals surface area contributed by atoms with Gasteiger partial charge in [0.05, 0.1) is 5.75 Å². The van der Waals surface area contributed by atoms with Crippen LogP contribution < -0.4 is 5.84 Å². The third kappa shape index (κ3) is 4.12. The average Bonchev–Trinajstić information content (AvgIpc) is 2.64. The summed E-state index contributed by atoms with van der Waals surface area (Å²) in [5.74, 6) is 7.30. The van der Waals surface area contributed by atoms with E-state index in [-0.39, 0.29) is 11.3 Å². The van der Waals surface area contributed by atoms with E-state index >= 15 is 0 Å². The van der Waals surface area contributed by atoms with Gasteiger partial charge in [0, 0.05) is 18.5 Å². The number of thioether (sulfide) groups is 1. The highest BCUT2D eigenvalue weighted by atomic mass is 32.2. The Labute approximate surface area is 130 Å². The first-order chi connectivity index (χ1) is 9.89. The Morgan fingerprint density at radius 2 is 1.81 bits per heavy atom. The van der Waals surface area contributed by atoms with E-state index in [1.54, 1.807) is 0 Å². The number of likely N-dealkylation sites (tertiary alicyclic amines) is 1. The molecule has 0 radical (unpaired) electrons. The lowest BCUT2D eigenvalue weighted by Crippen LogP contribution is -2.33. The van der Waals surface area contributed by atoms with Crippen LogP contribution in [0.1, 0.15) is 52.3 Å². The number of carbonyl (C=O) groups is 1. The largest absolute Gasteiger partial charge is 0.342 e. The Bertz CT molecular complexity index is 486. The molecule has 1 aliphatic heterocycles. The van der Waals surface area contributed by atoms with Gasteiger partial charge in [-0.3, -0.25) is 4.79 Å². The van der Waals surface area contributed by atoms with E-state index in [4.69, 9.17) is 5.84 Å². The zero-order valence-corrected chi connectivity index (χ0v) is 13.9. The molecule has 0 unspecified atom stereocenters. The van der Waals surface area contributed by atoms with Crippen molar-refractivity contribution >= 4 is 17.7 Å². The maximum absolute atomic E-state index is 12.2. The summed E-state index contributed by atoms with van der Waals surface area (Å²) in [4.78, 5) is 14.2. The Morgan fingerprint density at radius 3 is 2.33 bits per heavy atom. The molecule has 0 atom stereocenters. The fraction of sp³-hybridized carbons (Fsp3) is 0.786. The summed E-state index contributed by atoms with van der Waals surface area (Å²) in [6.07, 6.45) is 4.67. The Morgan fingerprint density at radius 1 is 1.19 bits per heavy atom. The molecular formula is C14H25N5OS. The van der Waals surface area contributed by atoms with Crippen molar-refractivity contribution in [3.8, 4) is 0 Å². The van der Waals surface area contributed by atoms with Gasteiger partial charge in [0.15, 0.2) is 5.82 Å². The molecule has 2 N–H and O–H groups in total. The van der Waals surface area contributed by atoms with Crippen LogP contribution >= 0.6 is 11.8 Å². The van der Waals surface area contributed by atoms with Crippen molar-refractivity contribution in [2.24, 2.45) is 0 Å². The van der Waals surface area contributed by atoms with Crippen LogP contribution in [0.15, 0.2) is 5.16 Å². The van der Waals surface area contributed by atoms with Crippen molar-refractivity contribution in [2.45, 2.75) is 57.0 Å². The van der Waals surface area contributed by atoms with Gasteiger partial charge in [-0.05, 0) is 12.8 Å². The minimum absolute atomic E-state index is 0.157. The predicted molar refractivity (Wildman–Crippen MR) is 84.6 cm³/mol. The highest BCUT2D eigenvalue weighted by molar-refractivity contribution is 7.99. The fourth-order valence-electron chi connectivity index (χ4n) is 2.42. The number of aromatic nitrogens is 3. The summed E-state index contributed by atoms with van der Waals surface area (Å²) in [5, 5.41) is 8.83. The summed E-state index contributed by atoms with van der Waals surface area (Å²) >= 11 is 1.37. The van der Waals surface area contributed by atoms with Gasteiger partial charge in [0.1, 0.15) is 0 Å². The van der Waals surface area contributed by atoms with Crippen LogP contribution in [-0.2, 0) is 10.2 Å². The molecule has 2 heterocycles. The van der Waals surface area contributed by atoms with Gasteiger partial charge < -0.3 is 10.7 Å². The minimum atomic E-state index is -0.157. The zero-order chi connectivity index (χ0) is 15.5. The van der Waals surface area contributed by atoms with E-state index in [0.717, 1.165) is 31.8 Å². The second-order valence-corrected chi connectivity index (χ2v) is 7.45. The first-order valence-electron chi connectivity index (χ1n) is 7.51. The molecule has 1 aromatic rings. The van der Waals surface area contributed by atoms with Gasteiger partial charge in [-0.25, -0.2) is 4.68 Å². The molecule has 1 aromatic heterocycles. The highest BCUT2D eigenvalue weighted by Gasteiger charge is 2.24. The summed E-state index contributed by atoms with van der Waals surface area (Å²) in [7, 11) is 0. The SMILES string of the molecule is CC(C)(C)c1nnc(SCC(=O)N2CCCCCC2)n1N. The quantitative estimate of drug-likeness (QED) is 0.680. The second-order valence-electron chi connectivity index (χ2n) is 6.51. The summed E-state index contributed by atoms with van der Waals surface area (Å²) in [6, 6.07) is 0. The van der Waals surface area contributed by atoms with Crippen molar-refractivity contribution in [2.75, 3.05) is 24.7 Å². The number of nitrogens with two attached hydrogens (primary N) is 1. The topological polar surface area (TPSA) is 77.0 Å². The molecule has 0 aliphatic carbocycles. The average molecular weight is 311 g/mol. The molecule has 6 nitrogen and oxygen atoms in total. The molecule has 0 bridgehead atoms. The first-order valence-corrected chi connectivity index (χ1v) is 8.49. The van der Waals surface area contributed by atoms with Crippen molar-refractivity contribution in [3.05, 3.63) is 5.82 Å². The maximum Gasteiger partial charge on any atom is 0.233 e. The Kier molecular flexibility index (Phi) is 5.13. The molecule has 1 aliphatic rings. The molecule has 1 fully saturated rings. The van der Waals surface area contributed by atoms with Crippen LogP contribution in [0.25, 0.3) is 0 Å². The summed E-state index contributed by atoms with van der Waals surface area (Å²) < 4.78 is 1.50. The lowest BCUT2D eigenvalue weighted by Gasteiger charge is -2.20. The molecule has 0 saturated carbocycles. The second kappa shape index (κ2) is 6.68. The number of hydrogen-bond acceptors (Lipinski definition) is 5. The fourth-order valence-corrected chi connectivity index (χ4v) is 3.18. The summed E-state index contributed by atoms with van der Waals surface area (Å²) in [6.45, 7) is 7.87. The number of carbonyl (C=O) groups excluding carboxylic acids is 1. The monoisotopic (exact) mass is 311 g/mol. The number of nitrogen functional groups attached to an aromatic ring is 1. The van der Waals surface area contributed by atoms with E-state index < -0.39 is 0 Å². The van der Waals surface area contributed by atoms with Crippen LogP contribution in [0.3, 0.4) is 0 Å². The molecule has 1 amide bonds. The predicted octanol–water partition coefficient (Wildman–Crippen LogP) is 1.78. The number of amides is 1. The van der Waals surface area contributed by atoms with Crippen LogP contribution in [0.2, 0.25) is 0 Å². The Balaban J connectivity index is 1.93. The third-order valence-electron chi connectivity index (χ3n) is 3.62. The lowest BCUT2D eigenvalue weighted by molar-refractivity contribution is -0.128. The molecule has 7 heteroatoms. The molecule has 2 rings (SSSR count). The smallest absolute Gasteiger partial charge is 0.233 e. The van der Waals surface area contributed by atoms with Crippen LogP contribution in [-0.4, -0.2) is 44.5 Å².